The molecule has 0 spiro atoms. The predicted octanol–water partition coefficient (Wildman–Crippen LogP) is 2.54. The Balaban J connectivity index is 1.39. The van der Waals surface area contributed by atoms with Gasteiger partial charge in [0.15, 0.2) is 11.6 Å². The topological polar surface area (TPSA) is 67.2 Å². The Morgan fingerprint density at radius 2 is 1.74 bits per heavy atom. The Kier molecular flexibility index (Phi) is 5.06. The lowest BCUT2D eigenvalue weighted by molar-refractivity contribution is 0.0746. The quantitative estimate of drug-likeness (QED) is 0.546. The van der Waals surface area contributed by atoms with Crippen molar-refractivity contribution in [2.24, 2.45) is 0 Å². The Bertz CT molecular complexity index is 947. The molecule has 0 saturated carbocycles. The molecule has 1 saturated heterocycles. The van der Waals surface area contributed by atoms with Crippen molar-refractivity contribution in [1.82, 2.24) is 24.9 Å². The van der Waals surface area contributed by atoms with Crippen LogP contribution in [-0.4, -0.2) is 57.0 Å². The number of aryl methyl sites for hydroxylation is 1. The normalized spacial score (nSPS) is 14.4. The van der Waals surface area contributed by atoms with Crippen LogP contribution in [0.25, 0.3) is 5.82 Å². The fourth-order valence-corrected chi connectivity index (χ4v) is 3.64. The first-order chi connectivity index (χ1) is 13.1. The van der Waals surface area contributed by atoms with Gasteiger partial charge in [0.05, 0.1) is 5.69 Å². The van der Waals surface area contributed by atoms with Gasteiger partial charge in [-0.2, -0.15) is 5.10 Å². The SMILES string of the molecule is Cc1ccn(-c2ccc(N3CCN(C(=O)c4cccc(I)c4)CC3)nn2)n1. The molecule has 1 aliphatic heterocycles. The van der Waals surface area contributed by atoms with Crippen molar-refractivity contribution in [3.05, 3.63) is 63.5 Å². The first-order valence-electron chi connectivity index (χ1n) is 8.76. The summed E-state index contributed by atoms with van der Waals surface area (Å²) in [7, 11) is 0. The maximum absolute atomic E-state index is 12.7. The molecule has 7 nitrogen and oxygen atoms in total. The summed E-state index contributed by atoms with van der Waals surface area (Å²) in [6.45, 7) is 4.77. The van der Waals surface area contributed by atoms with Crippen LogP contribution in [0, 0.1) is 10.5 Å². The van der Waals surface area contributed by atoms with Gasteiger partial charge in [-0.25, -0.2) is 4.68 Å². The molecule has 4 rings (SSSR count). The highest BCUT2D eigenvalue weighted by atomic mass is 127. The van der Waals surface area contributed by atoms with Crippen LogP contribution in [0.4, 0.5) is 5.82 Å². The van der Waals surface area contributed by atoms with E-state index in [1.807, 2.05) is 60.5 Å². The Labute approximate surface area is 171 Å². The fourth-order valence-electron chi connectivity index (χ4n) is 3.09. The number of halogens is 1. The zero-order chi connectivity index (χ0) is 18.8. The molecule has 1 amide bonds. The lowest BCUT2D eigenvalue weighted by Crippen LogP contribution is -2.49. The molecule has 2 aromatic heterocycles. The van der Waals surface area contributed by atoms with Crippen molar-refractivity contribution < 1.29 is 4.79 Å². The summed E-state index contributed by atoms with van der Waals surface area (Å²) >= 11 is 2.23. The smallest absolute Gasteiger partial charge is 0.254 e. The van der Waals surface area contributed by atoms with Gasteiger partial charge in [-0.05, 0) is 65.9 Å². The van der Waals surface area contributed by atoms with E-state index in [1.165, 1.54) is 0 Å². The first-order valence-corrected chi connectivity index (χ1v) is 9.84. The molecule has 1 aliphatic rings. The zero-order valence-corrected chi connectivity index (χ0v) is 17.1. The molecule has 1 aromatic carbocycles. The van der Waals surface area contributed by atoms with Crippen molar-refractivity contribution in [2.75, 3.05) is 31.1 Å². The van der Waals surface area contributed by atoms with Crippen LogP contribution in [0.15, 0.2) is 48.7 Å². The summed E-state index contributed by atoms with van der Waals surface area (Å²) in [4.78, 5) is 16.7. The summed E-state index contributed by atoms with van der Waals surface area (Å²) in [6.07, 6.45) is 1.87. The minimum Gasteiger partial charge on any atom is -0.352 e. The third kappa shape index (κ3) is 3.95. The second-order valence-corrected chi connectivity index (χ2v) is 7.69. The molecule has 3 heterocycles. The third-order valence-electron chi connectivity index (χ3n) is 4.56. The fraction of sp³-hybridized carbons (Fsp3) is 0.263. The van der Waals surface area contributed by atoms with Crippen LogP contribution in [0.1, 0.15) is 16.1 Å². The lowest BCUT2D eigenvalue weighted by Gasteiger charge is -2.35. The lowest BCUT2D eigenvalue weighted by atomic mass is 10.2. The van der Waals surface area contributed by atoms with Crippen LogP contribution in [0.3, 0.4) is 0 Å². The van der Waals surface area contributed by atoms with Gasteiger partial charge in [0.25, 0.3) is 5.91 Å². The van der Waals surface area contributed by atoms with E-state index in [2.05, 4.69) is 42.8 Å². The Morgan fingerprint density at radius 3 is 2.37 bits per heavy atom. The molecular weight excluding hydrogens is 455 g/mol. The van der Waals surface area contributed by atoms with Gasteiger partial charge in [0.1, 0.15) is 0 Å². The highest BCUT2D eigenvalue weighted by Gasteiger charge is 2.23. The van der Waals surface area contributed by atoms with Gasteiger partial charge < -0.3 is 9.80 Å². The van der Waals surface area contributed by atoms with Crippen LogP contribution in [0.2, 0.25) is 0 Å². The van der Waals surface area contributed by atoms with E-state index in [9.17, 15) is 4.79 Å². The molecule has 0 atom stereocenters. The molecule has 138 valence electrons. The second kappa shape index (κ2) is 7.63. The summed E-state index contributed by atoms with van der Waals surface area (Å²) in [5.41, 5.74) is 1.68. The number of benzene rings is 1. The number of amides is 1. The van der Waals surface area contributed by atoms with E-state index in [4.69, 9.17) is 0 Å². The molecule has 0 N–H and O–H groups in total. The minimum atomic E-state index is 0.0867. The maximum atomic E-state index is 12.7. The summed E-state index contributed by atoms with van der Waals surface area (Å²) in [6, 6.07) is 13.5. The summed E-state index contributed by atoms with van der Waals surface area (Å²) in [5.74, 6) is 1.60. The molecule has 0 aliphatic carbocycles. The van der Waals surface area contributed by atoms with Crippen molar-refractivity contribution in [1.29, 1.82) is 0 Å². The van der Waals surface area contributed by atoms with Gasteiger partial charge in [0.2, 0.25) is 0 Å². The Morgan fingerprint density at radius 1 is 1.00 bits per heavy atom. The first kappa shape index (κ1) is 17.9. The number of anilines is 1. The average Bonchev–Trinajstić information content (AvgIpc) is 3.14. The average molecular weight is 474 g/mol. The van der Waals surface area contributed by atoms with Gasteiger partial charge in [0, 0.05) is 41.5 Å². The van der Waals surface area contributed by atoms with Crippen LogP contribution < -0.4 is 4.90 Å². The van der Waals surface area contributed by atoms with Crippen LogP contribution in [0.5, 0.6) is 0 Å². The number of hydrogen-bond acceptors (Lipinski definition) is 5. The second-order valence-electron chi connectivity index (χ2n) is 6.44. The molecule has 1 fully saturated rings. The largest absolute Gasteiger partial charge is 0.352 e. The van der Waals surface area contributed by atoms with E-state index < -0.39 is 0 Å². The third-order valence-corrected chi connectivity index (χ3v) is 5.23. The van der Waals surface area contributed by atoms with Gasteiger partial charge in [-0.1, -0.05) is 6.07 Å². The minimum absolute atomic E-state index is 0.0867. The number of piperazine rings is 1. The van der Waals surface area contributed by atoms with E-state index >= 15 is 0 Å². The van der Waals surface area contributed by atoms with Crippen molar-refractivity contribution in [3.8, 4) is 5.82 Å². The number of carbonyl (C=O) groups is 1. The van der Waals surface area contributed by atoms with Crippen molar-refractivity contribution in [2.45, 2.75) is 6.92 Å². The maximum Gasteiger partial charge on any atom is 0.254 e. The van der Waals surface area contributed by atoms with Crippen molar-refractivity contribution >= 4 is 34.3 Å². The monoisotopic (exact) mass is 474 g/mol. The number of hydrogen-bond donors (Lipinski definition) is 0. The zero-order valence-electron chi connectivity index (χ0n) is 14.9. The van der Waals surface area contributed by atoms with Gasteiger partial charge in [-0.15, -0.1) is 10.2 Å². The predicted molar refractivity (Wildman–Crippen MR) is 111 cm³/mol. The molecule has 27 heavy (non-hydrogen) atoms. The molecule has 0 radical (unpaired) electrons. The number of rotatable bonds is 3. The molecule has 0 unspecified atom stereocenters. The molecule has 8 heteroatoms. The van der Waals surface area contributed by atoms with Gasteiger partial charge >= 0.3 is 0 Å². The van der Waals surface area contributed by atoms with E-state index in [-0.39, 0.29) is 5.91 Å². The highest BCUT2D eigenvalue weighted by molar-refractivity contribution is 14.1. The van der Waals surface area contributed by atoms with E-state index in [1.54, 1.807) is 4.68 Å². The van der Waals surface area contributed by atoms with E-state index in [0.29, 0.717) is 18.9 Å². The summed E-state index contributed by atoms with van der Waals surface area (Å²) < 4.78 is 2.78. The number of nitrogens with zero attached hydrogens (tertiary/aromatic N) is 6. The van der Waals surface area contributed by atoms with Crippen LogP contribution >= 0.6 is 22.6 Å². The summed E-state index contributed by atoms with van der Waals surface area (Å²) in [5, 5.41) is 13.0. The van der Waals surface area contributed by atoms with Crippen LogP contribution in [-0.2, 0) is 0 Å². The van der Waals surface area contributed by atoms with E-state index in [0.717, 1.165) is 33.7 Å². The Hall–Kier alpha value is -2.49. The molecule has 3 aromatic rings. The number of aromatic nitrogens is 4. The van der Waals surface area contributed by atoms with Gasteiger partial charge in [-0.3, -0.25) is 4.79 Å². The standard InChI is InChI=1S/C19H19IN6O/c1-14-7-8-26(23-14)18-6-5-17(21-22-18)24-9-11-25(12-10-24)19(27)15-3-2-4-16(20)13-15/h2-8,13H,9-12H2,1H3. The number of carbonyl (C=O) groups excluding carboxylic acids is 1. The molecule has 0 bridgehead atoms. The highest BCUT2D eigenvalue weighted by Crippen LogP contribution is 2.16. The van der Waals surface area contributed by atoms with Crippen molar-refractivity contribution in [3.63, 3.8) is 0 Å². The molecular formula is C19H19IN6O.